The second kappa shape index (κ2) is 6.86. The van der Waals surface area contributed by atoms with Crippen molar-refractivity contribution in [2.45, 2.75) is 19.3 Å². The van der Waals surface area contributed by atoms with Crippen molar-refractivity contribution in [3.63, 3.8) is 0 Å². The summed E-state index contributed by atoms with van der Waals surface area (Å²) in [4.78, 5) is 14.3. The van der Waals surface area contributed by atoms with Gasteiger partial charge in [-0.2, -0.15) is 0 Å². The molecule has 0 unspecified atom stereocenters. The molecule has 2 heterocycles. The Morgan fingerprint density at radius 3 is 2.83 bits per heavy atom. The maximum Gasteiger partial charge on any atom is 0.254 e. The van der Waals surface area contributed by atoms with E-state index in [0.717, 1.165) is 44.0 Å². The monoisotopic (exact) mass is 378 g/mol. The summed E-state index contributed by atoms with van der Waals surface area (Å²) in [5.41, 5.74) is 0.859. The SMILES string of the molecule is CNCCC1CCN(C(=O)c2csc(I)c2)CC1. The van der Waals surface area contributed by atoms with Gasteiger partial charge in [0.05, 0.1) is 8.45 Å². The van der Waals surface area contributed by atoms with Gasteiger partial charge in [-0.25, -0.2) is 0 Å². The fourth-order valence-corrected chi connectivity index (χ4v) is 3.70. The second-order valence-electron chi connectivity index (χ2n) is 4.77. The molecule has 18 heavy (non-hydrogen) atoms. The van der Waals surface area contributed by atoms with Crippen molar-refractivity contribution >= 4 is 39.8 Å². The number of amides is 1. The van der Waals surface area contributed by atoms with Crippen molar-refractivity contribution in [3.05, 3.63) is 19.9 Å². The summed E-state index contributed by atoms with van der Waals surface area (Å²) in [6.45, 7) is 2.92. The van der Waals surface area contributed by atoms with E-state index in [-0.39, 0.29) is 5.91 Å². The van der Waals surface area contributed by atoms with E-state index in [9.17, 15) is 4.79 Å². The Morgan fingerprint density at radius 2 is 2.28 bits per heavy atom. The second-order valence-corrected chi connectivity index (χ2v) is 7.57. The van der Waals surface area contributed by atoms with E-state index in [4.69, 9.17) is 0 Å². The van der Waals surface area contributed by atoms with Gasteiger partial charge in [0.15, 0.2) is 0 Å². The van der Waals surface area contributed by atoms with E-state index in [1.807, 2.05) is 23.4 Å². The van der Waals surface area contributed by atoms with Crippen LogP contribution < -0.4 is 5.32 Å². The van der Waals surface area contributed by atoms with Gasteiger partial charge < -0.3 is 10.2 Å². The molecule has 1 amide bonds. The number of piperidine rings is 1. The number of halogens is 1. The molecule has 1 aromatic heterocycles. The van der Waals surface area contributed by atoms with E-state index in [1.54, 1.807) is 11.3 Å². The number of nitrogens with one attached hydrogen (secondary N) is 1. The molecule has 0 atom stereocenters. The molecule has 3 nitrogen and oxygen atoms in total. The number of nitrogens with zero attached hydrogens (tertiary/aromatic N) is 1. The summed E-state index contributed by atoms with van der Waals surface area (Å²) < 4.78 is 1.18. The first-order valence-corrected chi connectivity index (χ1v) is 8.34. The summed E-state index contributed by atoms with van der Waals surface area (Å²) in [5.74, 6) is 0.991. The Hall–Kier alpha value is -0.140. The standard InChI is InChI=1S/C13H19IN2OS/c1-15-5-2-10-3-6-16(7-4-10)13(17)11-8-12(14)18-9-11/h8-10,15H,2-7H2,1H3. The lowest BCUT2D eigenvalue weighted by Crippen LogP contribution is -2.38. The molecular weight excluding hydrogens is 359 g/mol. The Labute approximate surface area is 126 Å². The van der Waals surface area contributed by atoms with Crippen molar-refractivity contribution in [3.8, 4) is 0 Å². The first-order chi connectivity index (χ1) is 8.70. The topological polar surface area (TPSA) is 32.3 Å². The molecule has 5 heteroatoms. The molecule has 1 aromatic rings. The summed E-state index contributed by atoms with van der Waals surface area (Å²) in [6, 6.07) is 1.99. The lowest BCUT2D eigenvalue weighted by Gasteiger charge is -2.31. The Morgan fingerprint density at radius 1 is 1.56 bits per heavy atom. The van der Waals surface area contributed by atoms with Crippen molar-refractivity contribution in [2.75, 3.05) is 26.7 Å². The van der Waals surface area contributed by atoms with Crippen molar-refractivity contribution in [1.82, 2.24) is 10.2 Å². The van der Waals surface area contributed by atoms with Gasteiger partial charge in [0.25, 0.3) is 5.91 Å². The normalized spacial score (nSPS) is 17.1. The van der Waals surface area contributed by atoms with Gasteiger partial charge in [-0.1, -0.05) is 0 Å². The molecule has 0 spiro atoms. The van der Waals surface area contributed by atoms with Crippen LogP contribution in [0.1, 0.15) is 29.6 Å². The maximum absolute atomic E-state index is 12.3. The summed E-state index contributed by atoms with van der Waals surface area (Å²) in [6.07, 6.45) is 3.53. The van der Waals surface area contributed by atoms with Crippen LogP contribution in [0.25, 0.3) is 0 Å². The van der Waals surface area contributed by atoms with Gasteiger partial charge in [-0.3, -0.25) is 4.79 Å². The molecule has 0 radical (unpaired) electrons. The average molecular weight is 378 g/mol. The highest BCUT2D eigenvalue weighted by Gasteiger charge is 2.23. The number of thiophene rings is 1. The van der Waals surface area contributed by atoms with Gasteiger partial charge in [0.1, 0.15) is 0 Å². The molecule has 0 saturated carbocycles. The molecule has 1 aliphatic rings. The van der Waals surface area contributed by atoms with E-state index >= 15 is 0 Å². The van der Waals surface area contributed by atoms with E-state index in [0.29, 0.717) is 0 Å². The summed E-state index contributed by atoms with van der Waals surface area (Å²) in [5, 5.41) is 5.17. The predicted octanol–water partition coefficient (Wildman–Crippen LogP) is 2.81. The number of rotatable bonds is 4. The Balaban J connectivity index is 1.84. The lowest BCUT2D eigenvalue weighted by molar-refractivity contribution is 0.0687. The number of hydrogen-bond acceptors (Lipinski definition) is 3. The van der Waals surface area contributed by atoms with Crippen LogP contribution in [0.3, 0.4) is 0 Å². The molecule has 0 aliphatic carbocycles. The zero-order chi connectivity index (χ0) is 13.0. The fourth-order valence-electron chi connectivity index (χ4n) is 2.38. The third-order valence-corrected chi connectivity index (χ3v) is 5.31. The number of carbonyl (C=O) groups excluding carboxylic acids is 1. The molecule has 1 aliphatic heterocycles. The van der Waals surface area contributed by atoms with Crippen LogP contribution in [0.15, 0.2) is 11.4 Å². The first-order valence-electron chi connectivity index (χ1n) is 6.38. The maximum atomic E-state index is 12.3. The van der Waals surface area contributed by atoms with E-state index in [1.165, 1.54) is 9.30 Å². The fraction of sp³-hybridized carbons (Fsp3) is 0.615. The van der Waals surface area contributed by atoms with Crippen LogP contribution in [0, 0.1) is 8.80 Å². The molecule has 0 bridgehead atoms. The Kier molecular flexibility index (Phi) is 5.44. The summed E-state index contributed by atoms with van der Waals surface area (Å²) >= 11 is 3.90. The van der Waals surface area contributed by atoms with Crippen LogP contribution in [0.4, 0.5) is 0 Å². The zero-order valence-electron chi connectivity index (χ0n) is 10.6. The molecule has 0 aromatic carbocycles. The van der Waals surface area contributed by atoms with Gasteiger partial charge in [-0.15, -0.1) is 11.3 Å². The molecule has 1 fully saturated rings. The van der Waals surface area contributed by atoms with Crippen molar-refractivity contribution in [2.24, 2.45) is 5.92 Å². The molecule has 100 valence electrons. The third kappa shape index (κ3) is 3.68. The number of hydrogen-bond donors (Lipinski definition) is 1. The number of carbonyl (C=O) groups is 1. The first kappa shape index (κ1) is 14.3. The predicted molar refractivity (Wildman–Crippen MR) is 84.2 cm³/mol. The molecule has 1 N–H and O–H groups in total. The van der Waals surface area contributed by atoms with E-state index in [2.05, 4.69) is 27.9 Å². The average Bonchev–Trinajstić information content (AvgIpc) is 2.83. The summed E-state index contributed by atoms with van der Waals surface area (Å²) in [7, 11) is 2.00. The van der Waals surface area contributed by atoms with Crippen molar-refractivity contribution in [1.29, 1.82) is 0 Å². The highest BCUT2D eigenvalue weighted by Crippen LogP contribution is 2.23. The van der Waals surface area contributed by atoms with Gasteiger partial charge in [0, 0.05) is 18.5 Å². The van der Waals surface area contributed by atoms with Gasteiger partial charge in [0.2, 0.25) is 0 Å². The molecule has 1 saturated heterocycles. The minimum absolute atomic E-state index is 0.209. The molecular formula is C13H19IN2OS. The van der Waals surface area contributed by atoms with Crippen LogP contribution in [0.5, 0.6) is 0 Å². The largest absolute Gasteiger partial charge is 0.339 e. The zero-order valence-corrected chi connectivity index (χ0v) is 13.6. The molecule has 2 rings (SSSR count). The van der Waals surface area contributed by atoms with Crippen LogP contribution in [-0.4, -0.2) is 37.5 Å². The van der Waals surface area contributed by atoms with Crippen LogP contribution in [0.2, 0.25) is 0 Å². The number of likely N-dealkylation sites (tertiary alicyclic amines) is 1. The van der Waals surface area contributed by atoms with Gasteiger partial charge in [-0.05, 0) is 67.4 Å². The van der Waals surface area contributed by atoms with E-state index < -0.39 is 0 Å². The quantitative estimate of drug-likeness (QED) is 0.818. The lowest BCUT2D eigenvalue weighted by atomic mass is 9.93. The minimum Gasteiger partial charge on any atom is -0.339 e. The minimum atomic E-state index is 0.209. The third-order valence-electron chi connectivity index (χ3n) is 3.52. The van der Waals surface area contributed by atoms with Crippen LogP contribution in [-0.2, 0) is 0 Å². The smallest absolute Gasteiger partial charge is 0.254 e. The van der Waals surface area contributed by atoms with Crippen LogP contribution >= 0.6 is 33.9 Å². The Bertz CT molecular complexity index is 399. The van der Waals surface area contributed by atoms with Crippen molar-refractivity contribution < 1.29 is 4.79 Å². The highest BCUT2D eigenvalue weighted by atomic mass is 127. The van der Waals surface area contributed by atoms with Gasteiger partial charge >= 0.3 is 0 Å². The highest BCUT2D eigenvalue weighted by molar-refractivity contribution is 14.1.